The highest BCUT2D eigenvalue weighted by atomic mass is 16.2. The Bertz CT molecular complexity index is 1260. The predicted octanol–water partition coefficient (Wildman–Crippen LogP) is 0.986. The van der Waals surface area contributed by atoms with Gasteiger partial charge in [0.05, 0.1) is 0 Å². The van der Waals surface area contributed by atoms with Crippen molar-refractivity contribution in [3.05, 3.63) is 42.5 Å². The van der Waals surface area contributed by atoms with Crippen LogP contribution in [0, 0.1) is 0 Å². The lowest BCUT2D eigenvalue weighted by Gasteiger charge is -2.41. The van der Waals surface area contributed by atoms with Gasteiger partial charge in [-0.05, 0) is 37.1 Å². The lowest BCUT2D eigenvalue weighted by atomic mass is 10.1. The van der Waals surface area contributed by atoms with Gasteiger partial charge in [0, 0.05) is 38.5 Å². The fourth-order valence-corrected chi connectivity index (χ4v) is 5.26. The third-order valence-corrected chi connectivity index (χ3v) is 7.41. The number of carbonyl (C=O) groups is 5. The van der Waals surface area contributed by atoms with Crippen LogP contribution in [0.3, 0.4) is 0 Å². The minimum Gasteiger partial charge on any atom is -0.341 e. The van der Waals surface area contributed by atoms with Crippen LogP contribution in [0.5, 0.6) is 0 Å². The van der Waals surface area contributed by atoms with Crippen molar-refractivity contribution in [2.45, 2.75) is 63.9 Å². The summed E-state index contributed by atoms with van der Waals surface area (Å²) in [6, 6.07) is 11.5. The zero-order chi connectivity index (χ0) is 27.6. The van der Waals surface area contributed by atoms with Gasteiger partial charge in [0.1, 0.15) is 18.2 Å². The van der Waals surface area contributed by atoms with Crippen LogP contribution in [-0.2, 0) is 24.0 Å². The van der Waals surface area contributed by atoms with Gasteiger partial charge in [-0.25, -0.2) is 0 Å². The van der Waals surface area contributed by atoms with Crippen LogP contribution in [0.15, 0.2) is 42.5 Å². The summed E-state index contributed by atoms with van der Waals surface area (Å²) in [4.78, 5) is 68.5. The smallest absolute Gasteiger partial charge is 0.258 e. The average molecular weight is 523 g/mol. The second kappa shape index (κ2) is 11.2. The number of rotatable bonds is 5. The van der Waals surface area contributed by atoms with Gasteiger partial charge >= 0.3 is 0 Å². The molecule has 2 aliphatic heterocycles. The van der Waals surface area contributed by atoms with Gasteiger partial charge in [0.25, 0.3) is 5.91 Å². The minimum atomic E-state index is -1.26. The molecule has 5 amide bonds. The molecule has 202 valence electrons. The Hall–Kier alpha value is -3.99. The molecule has 0 bridgehead atoms. The second-order valence-electron chi connectivity index (χ2n) is 9.83. The molecule has 4 atom stereocenters. The monoisotopic (exact) mass is 522 g/mol. The maximum atomic E-state index is 13.9. The first-order valence-corrected chi connectivity index (χ1v) is 12.8. The van der Waals surface area contributed by atoms with Crippen LogP contribution >= 0.6 is 0 Å². The fraction of sp³-hybridized carbons (Fsp3) is 0.444. The lowest BCUT2D eigenvalue weighted by molar-refractivity contribution is -0.152. The molecule has 0 spiro atoms. The topological polar surface area (TPSA) is 145 Å². The van der Waals surface area contributed by atoms with Crippen molar-refractivity contribution in [3.63, 3.8) is 0 Å². The Morgan fingerprint density at radius 2 is 1.74 bits per heavy atom. The molecule has 1 unspecified atom stereocenters. The SMILES string of the molecule is CC(=O)N(C)[C@@H](N)C(=O)NC1CCCN(C(C)=O)[C@H]2CC[C@H](C(=O)Nc3cccc4ccccc34)N2C1=O. The average Bonchev–Trinajstić information content (AvgIpc) is 3.32. The van der Waals surface area contributed by atoms with Crippen LogP contribution in [0.2, 0.25) is 0 Å². The molecule has 0 radical (unpaired) electrons. The van der Waals surface area contributed by atoms with Crippen LogP contribution in [0.4, 0.5) is 5.69 Å². The summed E-state index contributed by atoms with van der Waals surface area (Å²) in [5, 5.41) is 7.49. The zero-order valence-electron chi connectivity index (χ0n) is 21.8. The van der Waals surface area contributed by atoms with Gasteiger partial charge in [-0.3, -0.25) is 24.0 Å². The van der Waals surface area contributed by atoms with Gasteiger partial charge < -0.3 is 31.1 Å². The van der Waals surface area contributed by atoms with Crippen LogP contribution in [0.1, 0.15) is 39.5 Å². The van der Waals surface area contributed by atoms with Crippen molar-refractivity contribution in [1.29, 1.82) is 0 Å². The Morgan fingerprint density at radius 1 is 1.03 bits per heavy atom. The Morgan fingerprint density at radius 3 is 2.45 bits per heavy atom. The van der Waals surface area contributed by atoms with E-state index in [9.17, 15) is 24.0 Å². The van der Waals surface area contributed by atoms with Crippen molar-refractivity contribution in [3.8, 4) is 0 Å². The molecule has 2 fully saturated rings. The second-order valence-corrected chi connectivity index (χ2v) is 9.83. The molecule has 0 saturated carbocycles. The van der Waals surface area contributed by atoms with E-state index >= 15 is 0 Å². The molecular formula is C27H34N6O5. The molecule has 11 heteroatoms. The van der Waals surface area contributed by atoms with Gasteiger partial charge in [-0.2, -0.15) is 0 Å². The molecule has 11 nitrogen and oxygen atoms in total. The number of fused-ring (bicyclic) bond motifs is 2. The van der Waals surface area contributed by atoms with E-state index in [0.29, 0.717) is 31.5 Å². The Labute approximate surface area is 221 Å². The summed E-state index contributed by atoms with van der Waals surface area (Å²) < 4.78 is 0. The number of carbonyl (C=O) groups excluding carboxylic acids is 5. The van der Waals surface area contributed by atoms with E-state index in [2.05, 4.69) is 10.6 Å². The van der Waals surface area contributed by atoms with Crippen LogP contribution in [-0.4, -0.2) is 82.2 Å². The number of nitrogens with one attached hydrogen (secondary N) is 2. The number of nitrogens with two attached hydrogens (primary N) is 1. The molecule has 2 aromatic carbocycles. The summed E-state index contributed by atoms with van der Waals surface area (Å²) in [6.07, 6.45) is -0.330. The third kappa shape index (κ3) is 5.33. The van der Waals surface area contributed by atoms with E-state index in [-0.39, 0.29) is 18.2 Å². The summed E-state index contributed by atoms with van der Waals surface area (Å²) >= 11 is 0. The number of anilines is 1. The first-order valence-electron chi connectivity index (χ1n) is 12.8. The van der Waals surface area contributed by atoms with E-state index in [4.69, 9.17) is 5.73 Å². The number of benzene rings is 2. The van der Waals surface area contributed by atoms with Gasteiger partial charge in [0.2, 0.25) is 23.6 Å². The maximum absolute atomic E-state index is 13.9. The third-order valence-electron chi connectivity index (χ3n) is 7.41. The summed E-state index contributed by atoms with van der Waals surface area (Å²) in [5.74, 6) is -2.06. The zero-order valence-corrected chi connectivity index (χ0v) is 21.8. The van der Waals surface area contributed by atoms with E-state index in [1.54, 1.807) is 11.0 Å². The van der Waals surface area contributed by atoms with Crippen molar-refractivity contribution in [2.75, 3.05) is 18.9 Å². The molecular weight excluding hydrogens is 488 g/mol. The van der Waals surface area contributed by atoms with Crippen molar-refractivity contribution in [2.24, 2.45) is 5.73 Å². The van der Waals surface area contributed by atoms with Gasteiger partial charge in [-0.1, -0.05) is 36.4 Å². The number of amides is 5. The van der Waals surface area contributed by atoms with E-state index in [1.807, 2.05) is 36.4 Å². The summed E-state index contributed by atoms with van der Waals surface area (Å²) in [7, 11) is 1.40. The van der Waals surface area contributed by atoms with E-state index in [0.717, 1.165) is 15.7 Å². The molecule has 2 heterocycles. The van der Waals surface area contributed by atoms with Crippen molar-refractivity contribution < 1.29 is 24.0 Å². The number of likely N-dealkylation sites (N-methyl/N-ethyl adjacent to an activating group) is 1. The molecule has 2 saturated heterocycles. The Kier molecular flexibility index (Phi) is 7.96. The van der Waals surface area contributed by atoms with Crippen molar-refractivity contribution >= 4 is 46.0 Å². The van der Waals surface area contributed by atoms with E-state index in [1.165, 1.54) is 25.8 Å². The number of nitrogens with zero attached hydrogens (tertiary/aromatic N) is 3. The van der Waals surface area contributed by atoms with Crippen molar-refractivity contribution in [1.82, 2.24) is 20.0 Å². The Balaban J connectivity index is 1.60. The summed E-state index contributed by atoms with van der Waals surface area (Å²) in [5.41, 5.74) is 6.55. The quantitative estimate of drug-likeness (QED) is 0.500. The highest BCUT2D eigenvalue weighted by Crippen LogP contribution is 2.32. The molecule has 0 aromatic heterocycles. The minimum absolute atomic E-state index is 0.185. The molecule has 4 N–H and O–H groups in total. The largest absolute Gasteiger partial charge is 0.341 e. The van der Waals surface area contributed by atoms with Crippen LogP contribution in [0.25, 0.3) is 10.8 Å². The fourth-order valence-electron chi connectivity index (χ4n) is 5.26. The molecule has 4 rings (SSSR count). The standard InChI is InChI=1S/C27H34N6O5/c1-16(34)31(3)24(28)26(37)30-21-12-7-15-32(17(2)35)23-14-13-22(33(23)27(21)38)25(36)29-20-11-6-9-18-8-4-5-10-19(18)20/h4-6,8-11,21-24H,7,12-15,28H2,1-3H3,(H,29,36)(H,30,37)/t21?,22-,23-,24-/m1/s1. The molecule has 2 aliphatic rings. The van der Waals surface area contributed by atoms with Gasteiger partial charge in [0.15, 0.2) is 6.17 Å². The normalized spacial score (nSPS) is 22.2. The first kappa shape index (κ1) is 27.1. The highest BCUT2D eigenvalue weighted by Gasteiger charge is 2.47. The van der Waals surface area contributed by atoms with Crippen LogP contribution < -0.4 is 16.4 Å². The van der Waals surface area contributed by atoms with Gasteiger partial charge in [-0.15, -0.1) is 0 Å². The molecule has 0 aliphatic carbocycles. The first-order chi connectivity index (χ1) is 18.1. The number of hydrogen-bond donors (Lipinski definition) is 3. The number of hydrogen-bond acceptors (Lipinski definition) is 6. The molecule has 2 aromatic rings. The predicted molar refractivity (Wildman–Crippen MR) is 141 cm³/mol. The maximum Gasteiger partial charge on any atom is 0.258 e. The van der Waals surface area contributed by atoms with E-state index < -0.39 is 42.1 Å². The lowest BCUT2D eigenvalue weighted by Crippen LogP contribution is -2.62. The highest BCUT2D eigenvalue weighted by molar-refractivity contribution is 6.05. The molecule has 38 heavy (non-hydrogen) atoms. The summed E-state index contributed by atoms with van der Waals surface area (Å²) in [6.45, 7) is 3.12.